The third kappa shape index (κ3) is 4.06. The molecule has 0 saturated carbocycles. The van der Waals surface area contributed by atoms with Crippen molar-refractivity contribution in [2.75, 3.05) is 0 Å². The molecule has 102 valence electrons. The van der Waals surface area contributed by atoms with Gasteiger partial charge in [0, 0.05) is 22.1 Å². The minimum absolute atomic E-state index is 0.0556. The van der Waals surface area contributed by atoms with E-state index < -0.39 is 0 Å². The normalized spacial score (nSPS) is 11.8. The molecule has 0 radical (unpaired) electrons. The summed E-state index contributed by atoms with van der Waals surface area (Å²) in [5.41, 5.74) is 1.80. The number of nitrogens with one attached hydrogen (secondary N) is 1. The van der Waals surface area contributed by atoms with Gasteiger partial charge >= 0.3 is 0 Å². The SMILES string of the molecule is CC(C)(C)NCc1coc(-c2ccc(Br)c(Cl)c2)n1. The highest BCUT2D eigenvalue weighted by molar-refractivity contribution is 9.10. The van der Waals surface area contributed by atoms with Gasteiger partial charge in [0.2, 0.25) is 5.89 Å². The van der Waals surface area contributed by atoms with Gasteiger partial charge in [0.25, 0.3) is 0 Å². The van der Waals surface area contributed by atoms with Crippen molar-refractivity contribution in [1.82, 2.24) is 10.3 Å². The molecular weight excluding hydrogens is 328 g/mol. The van der Waals surface area contributed by atoms with Gasteiger partial charge in [0.15, 0.2) is 0 Å². The fourth-order valence-corrected chi connectivity index (χ4v) is 1.93. The van der Waals surface area contributed by atoms with Gasteiger partial charge in [0.05, 0.1) is 10.7 Å². The van der Waals surface area contributed by atoms with Gasteiger partial charge in [-0.05, 0) is 54.9 Å². The summed E-state index contributed by atoms with van der Waals surface area (Å²) in [6, 6.07) is 5.64. The maximum Gasteiger partial charge on any atom is 0.226 e. The van der Waals surface area contributed by atoms with Crippen molar-refractivity contribution in [3.63, 3.8) is 0 Å². The molecule has 5 heteroatoms. The number of aromatic nitrogens is 1. The molecule has 0 atom stereocenters. The summed E-state index contributed by atoms with van der Waals surface area (Å²) in [6.45, 7) is 7.02. The molecule has 0 aliphatic carbocycles. The third-order valence-electron chi connectivity index (χ3n) is 2.52. The minimum Gasteiger partial charge on any atom is -0.444 e. The Kier molecular flexibility index (Phi) is 4.33. The van der Waals surface area contributed by atoms with Crippen molar-refractivity contribution in [2.45, 2.75) is 32.9 Å². The molecule has 0 fully saturated rings. The zero-order valence-electron chi connectivity index (χ0n) is 11.1. The van der Waals surface area contributed by atoms with Gasteiger partial charge in [-0.3, -0.25) is 0 Å². The lowest BCUT2D eigenvalue weighted by molar-refractivity contribution is 0.421. The van der Waals surface area contributed by atoms with Crippen LogP contribution in [0.4, 0.5) is 0 Å². The van der Waals surface area contributed by atoms with Crippen LogP contribution in [0.2, 0.25) is 5.02 Å². The zero-order valence-corrected chi connectivity index (χ0v) is 13.5. The first-order valence-corrected chi connectivity index (χ1v) is 7.17. The smallest absolute Gasteiger partial charge is 0.226 e. The van der Waals surface area contributed by atoms with Crippen LogP contribution in [0.25, 0.3) is 11.5 Å². The van der Waals surface area contributed by atoms with Crippen molar-refractivity contribution in [1.29, 1.82) is 0 Å². The van der Waals surface area contributed by atoms with Gasteiger partial charge in [-0.15, -0.1) is 0 Å². The van der Waals surface area contributed by atoms with E-state index in [2.05, 4.69) is 47.0 Å². The molecule has 3 nitrogen and oxygen atoms in total. The molecule has 1 N–H and O–H groups in total. The lowest BCUT2D eigenvalue weighted by Crippen LogP contribution is -2.35. The number of hydrogen-bond donors (Lipinski definition) is 1. The number of oxazole rings is 1. The summed E-state index contributed by atoms with van der Waals surface area (Å²) in [5, 5.41) is 4.01. The van der Waals surface area contributed by atoms with E-state index in [1.54, 1.807) is 6.26 Å². The van der Waals surface area contributed by atoms with Gasteiger partial charge in [-0.1, -0.05) is 11.6 Å². The Balaban J connectivity index is 2.14. The van der Waals surface area contributed by atoms with Crippen molar-refractivity contribution in [2.24, 2.45) is 0 Å². The van der Waals surface area contributed by atoms with E-state index in [9.17, 15) is 0 Å². The molecule has 2 rings (SSSR count). The monoisotopic (exact) mass is 342 g/mol. The van der Waals surface area contributed by atoms with E-state index in [1.807, 2.05) is 18.2 Å². The highest BCUT2D eigenvalue weighted by atomic mass is 79.9. The van der Waals surface area contributed by atoms with Crippen LogP contribution in [-0.2, 0) is 6.54 Å². The van der Waals surface area contributed by atoms with Gasteiger partial charge in [0.1, 0.15) is 6.26 Å². The Morgan fingerprint density at radius 3 is 2.74 bits per heavy atom. The van der Waals surface area contributed by atoms with Crippen LogP contribution in [0, 0.1) is 0 Å². The molecule has 0 amide bonds. The third-order valence-corrected chi connectivity index (χ3v) is 3.75. The van der Waals surface area contributed by atoms with Crippen LogP contribution >= 0.6 is 27.5 Å². The fourth-order valence-electron chi connectivity index (χ4n) is 1.51. The first-order chi connectivity index (χ1) is 8.85. The lowest BCUT2D eigenvalue weighted by Gasteiger charge is -2.19. The van der Waals surface area contributed by atoms with E-state index in [0.29, 0.717) is 17.5 Å². The van der Waals surface area contributed by atoms with Crippen LogP contribution in [0.5, 0.6) is 0 Å². The van der Waals surface area contributed by atoms with E-state index in [4.69, 9.17) is 16.0 Å². The standard InChI is InChI=1S/C14H16BrClN2O/c1-14(2,3)17-7-10-8-19-13(18-10)9-4-5-11(15)12(16)6-9/h4-6,8,17H,7H2,1-3H3. The van der Waals surface area contributed by atoms with Crippen molar-refractivity contribution >= 4 is 27.5 Å². The van der Waals surface area contributed by atoms with E-state index in [-0.39, 0.29) is 5.54 Å². The molecule has 0 spiro atoms. The number of halogens is 2. The Bertz CT molecular complexity index is 575. The van der Waals surface area contributed by atoms with Gasteiger partial charge in [-0.2, -0.15) is 0 Å². The molecule has 1 aromatic carbocycles. The minimum atomic E-state index is 0.0556. The fraction of sp³-hybridized carbons (Fsp3) is 0.357. The number of rotatable bonds is 3. The number of nitrogens with zero attached hydrogens (tertiary/aromatic N) is 1. The summed E-state index contributed by atoms with van der Waals surface area (Å²) in [7, 11) is 0. The maximum absolute atomic E-state index is 6.06. The summed E-state index contributed by atoms with van der Waals surface area (Å²) >= 11 is 9.42. The molecule has 1 heterocycles. The second-order valence-electron chi connectivity index (χ2n) is 5.38. The molecule has 0 unspecified atom stereocenters. The summed E-state index contributed by atoms with van der Waals surface area (Å²) < 4.78 is 6.35. The predicted molar refractivity (Wildman–Crippen MR) is 81.2 cm³/mol. The van der Waals surface area contributed by atoms with Gasteiger partial charge in [-0.25, -0.2) is 4.98 Å². The molecular formula is C14H16BrClN2O. The first kappa shape index (κ1) is 14.6. The molecule has 1 aromatic heterocycles. The van der Waals surface area contributed by atoms with Crippen molar-refractivity contribution < 1.29 is 4.42 Å². The number of hydrogen-bond acceptors (Lipinski definition) is 3. The molecule has 19 heavy (non-hydrogen) atoms. The van der Waals surface area contributed by atoms with Crippen LogP contribution in [0.15, 0.2) is 33.4 Å². The average Bonchev–Trinajstić information content (AvgIpc) is 2.78. The molecule has 0 bridgehead atoms. The molecule has 0 saturated heterocycles. The predicted octanol–water partition coefficient (Wildman–Crippen LogP) is 4.65. The van der Waals surface area contributed by atoms with Crippen LogP contribution in [-0.4, -0.2) is 10.5 Å². The topological polar surface area (TPSA) is 38.1 Å². The quantitative estimate of drug-likeness (QED) is 0.882. The van der Waals surface area contributed by atoms with Crippen molar-refractivity contribution in [3.8, 4) is 11.5 Å². The van der Waals surface area contributed by atoms with Crippen molar-refractivity contribution in [3.05, 3.63) is 39.7 Å². The first-order valence-electron chi connectivity index (χ1n) is 6.00. The second kappa shape index (κ2) is 5.65. The Morgan fingerprint density at radius 1 is 1.37 bits per heavy atom. The van der Waals surface area contributed by atoms with E-state index in [1.165, 1.54) is 0 Å². The maximum atomic E-state index is 6.06. The lowest BCUT2D eigenvalue weighted by atomic mass is 10.1. The van der Waals surface area contributed by atoms with Crippen LogP contribution in [0.1, 0.15) is 26.5 Å². The van der Waals surface area contributed by atoms with E-state index in [0.717, 1.165) is 15.7 Å². The summed E-state index contributed by atoms with van der Waals surface area (Å²) in [5.74, 6) is 0.583. The Labute approximate surface area is 126 Å². The van der Waals surface area contributed by atoms with Gasteiger partial charge < -0.3 is 9.73 Å². The molecule has 0 aliphatic rings. The summed E-state index contributed by atoms with van der Waals surface area (Å²) in [6.07, 6.45) is 1.67. The largest absolute Gasteiger partial charge is 0.444 e. The number of benzene rings is 1. The van der Waals surface area contributed by atoms with E-state index >= 15 is 0 Å². The molecule has 0 aliphatic heterocycles. The highest BCUT2D eigenvalue weighted by Crippen LogP contribution is 2.28. The van der Waals surface area contributed by atoms with Crippen LogP contribution < -0.4 is 5.32 Å². The average molecular weight is 344 g/mol. The van der Waals surface area contributed by atoms with Crippen LogP contribution in [0.3, 0.4) is 0 Å². The zero-order chi connectivity index (χ0) is 14.0. The second-order valence-corrected chi connectivity index (χ2v) is 6.64. The molecule has 2 aromatic rings. The highest BCUT2D eigenvalue weighted by Gasteiger charge is 2.12. The Hall–Kier alpha value is -0.840. The Morgan fingerprint density at radius 2 is 2.11 bits per heavy atom. The summed E-state index contributed by atoms with van der Waals surface area (Å²) in [4.78, 5) is 4.45.